The third-order valence-corrected chi connectivity index (χ3v) is 13.5. The fraction of sp³-hybridized carbons (Fsp3) is 0.556. The van der Waals surface area contributed by atoms with E-state index in [9.17, 15) is 48.6 Å². The maximum Gasteiger partial charge on any atom is 0.481 e. The molecule has 0 aliphatic carbocycles. The number of rotatable bonds is 41. The number of nitrogen functional groups attached to an aromatic ring is 1. The second-order valence-corrected chi connectivity index (χ2v) is 20.6. The Labute approximate surface area is 443 Å². The number of aromatic nitrogens is 2. The lowest BCUT2D eigenvalue weighted by Crippen LogP contribution is -2.36. The molecule has 75 heavy (non-hydrogen) atoms. The molecule has 19 nitrogen and oxygen atoms in total. The van der Waals surface area contributed by atoms with Gasteiger partial charge >= 0.3 is 33.3 Å². The van der Waals surface area contributed by atoms with Crippen LogP contribution in [0.3, 0.4) is 0 Å². The van der Waals surface area contributed by atoms with Crippen molar-refractivity contribution in [3.05, 3.63) is 132 Å². The average molecular weight is 1090 g/mol. The van der Waals surface area contributed by atoms with Gasteiger partial charge in [-0.15, -0.1) is 0 Å². The molecule has 1 fully saturated rings. The van der Waals surface area contributed by atoms with E-state index in [0.29, 0.717) is 32.1 Å². The third-order valence-electron chi connectivity index (χ3n) is 10.9. The van der Waals surface area contributed by atoms with Crippen LogP contribution in [0, 0.1) is 0 Å². The van der Waals surface area contributed by atoms with Gasteiger partial charge < -0.3 is 45.1 Å². The Morgan fingerprint density at radius 2 is 1.25 bits per heavy atom. The Bertz CT molecular complexity index is 2200. The van der Waals surface area contributed by atoms with Crippen molar-refractivity contribution >= 4 is 33.4 Å². The van der Waals surface area contributed by atoms with Crippen LogP contribution in [0.2, 0.25) is 0 Å². The number of allylic oxidation sites excluding steroid dienone is 16. The molecule has 0 bridgehead atoms. The van der Waals surface area contributed by atoms with Crippen LogP contribution < -0.4 is 11.4 Å². The molecule has 1 saturated heterocycles. The summed E-state index contributed by atoms with van der Waals surface area (Å²) in [6.45, 7) is 1.88. The molecule has 8 atom stereocenters. The molecule has 0 spiro atoms. The van der Waals surface area contributed by atoms with Crippen LogP contribution in [0.1, 0.15) is 142 Å². The predicted molar refractivity (Wildman–Crippen MR) is 290 cm³/mol. The summed E-state index contributed by atoms with van der Waals surface area (Å²) < 4.78 is 56.6. The summed E-state index contributed by atoms with van der Waals surface area (Å²) >= 11 is 0. The first-order valence-corrected chi connectivity index (χ1v) is 29.0. The molecule has 0 aromatic carbocycles. The highest BCUT2D eigenvalue weighted by Crippen LogP contribution is 2.60. The minimum Gasteiger partial charge on any atom is -0.462 e. The average Bonchev–Trinajstić information content (AvgIpc) is 3.64. The number of phosphoric ester groups is 2. The first-order chi connectivity index (χ1) is 36.1. The molecule has 2 rings (SSSR count). The van der Waals surface area contributed by atoms with E-state index in [2.05, 4.69) is 65.7 Å². The van der Waals surface area contributed by atoms with Crippen molar-refractivity contribution in [2.75, 3.05) is 25.6 Å². The smallest absolute Gasteiger partial charge is 0.462 e. The van der Waals surface area contributed by atoms with Gasteiger partial charge in [-0.3, -0.25) is 23.2 Å². The van der Waals surface area contributed by atoms with Gasteiger partial charge in [0.1, 0.15) is 30.7 Å². The SMILES string of the molecule is CCCCC/C=C\C=C/[C@@H](O)C/C=C\C/C=C/CCCC(=O)OC[C@H](COP(=O)(O)OP(=O)(O)OC[C@H]1O[C@@H](n2ccc(N)nc2=O)[C@H](O)[C@@H]1O)OC(=O)CC/C=C\C/C=C\C/C=C\C/C=C\C/C=C\CCCCC. The van der Waals surface area contributed by atoms with Gasteiger partial charge in [-0.2, -0.15) is 9.29 Å². The Morgan fingerprint density at radius 3 is 1.85 bits per heavy atom. The van der Waals surface area contributed by atoms with Crippen LogP contribution in [0.4, 0.5) is 5.82 Å². The molecule has 7 N–H and O–H groups in total. The number of aliphatic hydroxyl groups is 3. The van der Waals surface area contributed by atoms with Crippen molar-refractivity contribution in [3.8, 4) is 0 Å². The van der Waals surface area contributed by atoms with Gasteiger partial charge in [0.05, 0.1) is 19.3 Å². The van der Waals surface area contributed by atoms with Gasteiger partial charge in [0, 0.05) is 19.0 Å². The summed E-state index contributed by atoms with van der Waals surface area (Å²) in [6, 6.07) is 1.23. The Hall–Kier alpha value is -4.62. The maximum absolute atomic E-state index is 12.9. The second-order valence-electron chi connectivity index (χ2n) is 17.5. The van der Waals surface area contributed by atoms with Crippen molar-refractivity contribution in [1.29, 1.82) is 0 Å². The molecule has 2 unspecified atom stereocenters. The number of aliphatic hydroxyl groups excluding tert-OH is 3. The molecule has 420 valence electrons. The number of unbranched alkanes of at least 4 members (excludes halogenated alkanes) is 7. The molecule has 1 aromatic rings. The van der Waals surface area contributed by atoms with E-state index < -0.39 is 89.8 Å². The van der Waals surface area contributed by atoms with E-state index in [1.807, 2.05) is 54.7 Å². The molecular weight excluding hydrogens is 1010 g/mol. The lowest BCUT2D eigenvalue weighted by Gasteiger charge is -2.21. The molecule has 0 saturated carbocycles. The number of nitrogens with zero attached hydrogens (tertiary/aromatic N) is 2. The van der Waals surface area contributed by atoms with Crippen molar-refractivity contribution in [3.63, 3.8) is 0 Å². The summed E-state index contributed by atoms with van der Waals surface area (Å²) in [4.78, 5) is 61.9. The first kappa shape index (κ1) is 66.5. The monoisotopic (exact) mass is 1090 g/mol. The predicted octanol–water partition coefficient (Wildman–Crippen LogP) is 9.97. The largest absolute Gasteiger partial charge is 0.481 e. The van der Waals surface area contributed by atoms with Gasteiger partial charge in [0.2, 0.25) is 0 Å². The molecular formula is C54H83N3O16P2. The lowest BCUT2D eigenvalue weighted by atomic mass is 10.1. The summed E-state index contributed by atoms with van der Waals surface area (Å²) in [5.74, 6) is -1.52. The van der Waals surface area contributed by atoms with Crippen LogP contribution in [0.15, 0.2) is 126 Å². The number of hydrogen-bond acceptors (Lipinski definition) is 16. The minimum absolute atomic E-state index is 0.00502. The fourth-order valence-corrected chi connectivity index (χ4v) is 8.95. The van der Waals surface area contributed by atoms with E-state index in [1.54, 1.807) is 12.2 Å². The van der Waals surface area contributed by atoms with Gasteiger partial charge in [-0.1, -0.05) is 149 Å². The first-order valence-electron chi connectivity index (χ1n) is 26.0. The maximum atomic E-state index is 12.9. The van der Waals surface area contributed by atoms with Gasteiger partial charge in [0.25, 0.3) is 0 Å². The summed E-state index contributed by atoms with van der Waals surface area (Å²) in [6.07, 6.45) is 43.5. The Balaban J connectivity index is 1.87. The standard InChI is InChI=1S/C54H83N3O16P2/c1-3-5-7-9-11-12-13-14-15-16-17-18-19-20-21-22-26-31-35-39-50(60)71-46(42-68-49(59)38-34-30-27-23-25-29-33-37-45(58)36-32-28-24-10-8-6-4-2)43-69-74(64,65)73-75(66,67)70-44-47-51(61)52(62)53(72-47)57-41-40-48(55)56-54(57)63/h11-12,14-15,17-18,20-21,23-24,26-29,31-33,36,40-41,45-47,51-53,58,61-62H,3-10,13,16,19,22,25,30,34-35,37-39,42-44H2,1-2H3,(H,64,65)(H,66,67)(H2,55,56,63)/b12-11-,15-14-,18-17-,21-20-,27-23+,28-24-,31-26-,33-29-,36-32-/t45-,46-,47-,51-,52-,53-/m1/s1. The van der Waals surface area contributed by atoms with Gasteiger partial charge in [0.15, 0.2) is 12.3 Å². The number of anilines is 1. The highest BCUT2D eigenvalue weighted by atomic mass is 31.3. The summed E-state index contributed by atoms with van der Waals surface area (Å²) in [5.41, 5.74) is 4.57. The molecule has 2 heterocycles. The number of hydrogen-bond donors (Lipinski definition) is 6. The number of carbonyl (C=O) groups is 2. The Kier molecular flexibility index (Phi) is 36.0. The summed E-state index contributed by atoms with van der Waals surface area (Å²) in [5, 5.41) is 31.0. The van der Waals surface area contributed by atoms with E-state index >= 15 is 0 Å². The van der Waals surface area contributed by atoms with Crippen LogP contribution in [-0.4, -0.2) is 96.9 Å². The quantitative estimate of drug-likeness (QED) is 0.0117. The van der Waals surface area contributed by atoms with Crippen molar-refractivity contribution in [2.24, 2.45) is 0 Å². The zero-order valence-corrected chi connectivity index (χ0v) is 45.4. The van der Waals surface area contributed by atoms with Gasteiger partial charge in [-0.05, 0) is 89.5 Å². The summed E-state index contributed by atoms with van der Waals surface area (Å²) in [7, 11) is -10.9. The van der Waals surface area contributed by atoms with Crippen LogP contribution in [0.25, 0.3) is 0 Å². The van der Waals surface area contributed by atoms with E-state index in [4.69, 9.17) is 29.0 Å². The Morgan fingerprint density at radius 1 is 0.707 bits per heavy atom. The van der Waals surface area contributed by atoms with Crippen molar-refractivity contribution in [1.82, 2.24) is 9.55 Å². The molecule has 0 amide bonds. The molecule has 1 aliphatic rings. The molecule has 21 heteroatoms. The second kappa shape index (κ2) is 40.6. The van der Waals surface area contributed by atoms with Crippen molar-refractivity contribution < 1.29 is 71.4 Å². The minimum atomic E-state index is -5.47. The highest BCUT2D eigenvalue weighted by molar-refractivity contribution is 7.61. The van der Waals surface area contributed by atoms with Crippen LogP contribution in [-0.2, 0) is 46.3 Å². The normalized spacial score (nSPS) is 20.1. The van der Waals surface area contributed by atoms with Crippen molar-refractivity contribution in [2.45, 2.75) is 173 Å². The number of phosphoric acid groups is 2. The van der Waals surface area contributed by atoms with E-state index in [-0.39, 0.29) is 25.1 Å². The fourth-order valence-electron chi connectivity index (χ4n) is 6.84. The van der Waals surface area contributed by atoms with E-state index in [1.165, 1.54) is 38.2 Å². The third kappa shape index (κ3) is 33.2. The zero-order valence-electron chi connectivity index (χ0n) is 43.7. The van der Waals surface area contributed by atoms with Gasteiger partial charge in [-0.25, -0.2) is 13.9 Å². The number of nitrogens with two attached hydrogens (primary N) is 1. The van der Waals surface area contributed by atoms with Crippen LogP contribution >= 0.6 is 15.6 Å². The zero-order chi connectivity index (χ0) is 55.0. The number of ether oxygens (including phenoxy) is 3. The number of esters is 2. The van der Waals surface area contributed by atoms with Crippen LogP contribution in [0.5, 0.6) is 0 Å². The lowest BCUT2D eigenvalue weighted by molar-refractivity contribution is -0.161. The topological polar surface area (TPSA) is 286 Å². The molecule has 1 aliphatic heterocycles. The number of carbonyl (C=O) groups excluding carboxylic acids is 2. The molecule has 0 radical (unpaired) electrons. The van der Waals surface area contributed by atoms with E-state index in [0.717, 1.165) is 49.3 Å². The molecule has 1 aromatic heterocycles. The highest BCUT2D eigenvalue weighted by Gasteiger charge is 2.46.